The predicted molar refractivity (Wildman–Crippen MR) is 82.4 cm³/mol. The summed E-state index contributed by atoms with van der Waals surface area (Å²) in [4.78, 5) is 0.147. The molecule has 1 saturated heterocycles. The smallest absolute Gasteiger partial charge is 0.244 e. The Labute approximate surface area is 132 Å². The Morgan fingerprint density at radius 2 is 1.89 bits per heavy atom. The van der Waals surface area contributed by atoms with Gasteiger partial charge in [0.05, 0.1) is 5.02 Å². The van der Waals surface area contributed by atoms with Crippen molar-refractivity contribution in [2.45, 2.75) is 23.8 Å². The van der Waals surface area contributed by atoms with Crippen LogP contribution in [0.25, 0.3) is 0 Å². The summed E-state index contributed by atoms with van der Waals surface area (Å²) in [5, 5.41) is 0.244. The molecule has 1 aromatic rings. The van der Waals surface area contributed by atoms with E-state index in [9.17, 15) is 8.42 Å². The van der Waals surface area contributed by atoms with Gasteiger partial charge in [-0.3, -0.25) is 0 Å². The maximum atomic E-state index is 12.4. The topological polar surface area (TPSA) is 63.4 Å². The summed E-state index contributed by atoms with van der Waals surface area (Å²) in [6, 6.07) is 4.92. The van der Waals surface area contributed by atoms with E-state index in [1.165, 1.54) is 10.4 Å². The second-order valence-corrected chi connectivity index (χ2v) is 7.55. The first-order chi connectivity index (χ1) is 8.41. The summed E-state index contributed by atoms with van der Waals surface area (Å²) in [5.41, 5.74) is 5.78. The molecule has 0 radical (unpaired) electrons. The first kappa shape index (κ1) is 17.2. The van der Waals surface area contributed by atoms with Crippen molar-refractivity contribution in [2.24, 2.45) is 5.73 Å². The van der Waals surface area contributed by atoms with Gasteiger partial charge in [0.1, 0.15) is 4.90 Å². The molecule has 0 spiro atoms. The summed E-state index contributed by atoms with van der Waals surface area (Å²) in [6.07, 6.45) is 1.37. The van der Waals surface area contributed by atoms with Gasteiger partial charge >= 0.3 is 0 Å². The van der Waals surface area contributed by atoms with Gasteiger partial charge < -0.3 is 5.73 Å². The normalized spacial score (nSPS) is 18.1. The highest BCUT2D eigenvalue weighted by molar-refractivity contribution is 9.10. The zero-order valence-corrected chi connectivity index (χ0v) is 14.0. The number of nitrogens with two attached hydrogens (primary N) is 1. The molecule has 108 valence electrons. The van der Waals surface area contributed by atoms with Crippen molar-refractivity contribution in [2.75, 3.05) is 13.1 Å². The Morgan fingerprint density at radius 1 is 1.32 bits per heavy atom. The first-order valence-corrected chi connectivity index (χ1v) is 8.23. The van der Waals surface area contributed by atoms with E-state index in [-0.39, 0.29) is 28.4 Å². The Balaban J connectivity index is 0.00000180. The minimum absolute atomic E-state index is 0. The molecule has 0 amide bonds. The number of hydrogen-bond donors (Lipinski definition) is 1. The second kappa shape index (κ2) is 6.74. The lowest BCUT2D eigenvalue weighted by atomic mass is 10.1. The fourth-order valence-corrected chi connectivity index (χ4v) is 4.41. The summed E-state index contributed by atoms with van der Waals surface area (Å²) in [7, 11) is -3.52. The molecule has 2 rings (SSSR count). The Hall–Kier alpha value is 0.150. The minimum Gasteiger partial charge on any atom is -0.328 e. The van der Waals surface area contributed by atoms with E-state index in [2.05, 4.69) is 15.9 Å². The molecule has 1 heterocycles. The average molecular weight is 390 g/mol. The Kier molecular flexibility index (Phi) is 6.10. The van der Waals surface area contributed by atoms with E-state index in [1.54, 1.807) is 12.1 Å². The van der Waals surface area contributed by atoms with Gasteiger partial charge in [0.15, 0.2) is 0 Å². The lowest BCUT2D eigenvalue weighted by molar-refractivity contribution is 0.320. The highest BCUT2D eigenvalue weighted by atomic mass is 79.9. The van der Waals surface area contributed by atoms with Crippen LogP contribution in [0.1, 0.15) is 12.8 Å². The maximum Gasteiger partial charge on any atom is 0.244 e. The highest BCUT2D eigenvalue weighted by Gasteiger charge is 2.29. The molecular weight excluding hydrogens is 375 g/mol. The second-order valence-electron chi connectivity index (χ2n) is 4.32. The van der Waals surface area contributed by atoms with E-state index in [4.69, 9.17) is 17.3 Å². The standard InChI is InChI=1S/C11H14BrClN2O2S.ClH/c12-8-1-2-10(13)11(7-8)18(16,17)15-5-3-9(14)4-6-15;/h1-2,7,9H,3-6,14H2;1H. The number of nitrogens with zero attached hydrogens (tertiary/aromatic N) is 1. The van der Waals surface area contributed by atoms with Crippen LogP contribution in [0.4, 0.5) is 0 Å². The molecule has 0 aliphatic carbocycles. The number of piperidine rings is 1. The number of rotatable bonds is 2. The third-order valence-electron chi connectivity index (χ3n) is 3.01. The molecule has 19 heavy (non-hydrogen) atoms. The molecule has 2 N–H and O–H groups in total. The zero-order chi connectivity index (χ0) is 13.3. The summed E-state index contributed by atoms with van der Waals surface area (Å²) in [5.74, 6) is 0. The van der Waals surface area contributed by atoms with Crippen molar-refractivity contribution in [3.8, 4) is 0 Å². The van der Waals surface area contributed by atoms with E-state index in [1.807, 2.05) is 0 Å². The van der Waals surface area contributed by atoms with Crippen LogP contribution in [-0.2, 0) is 10.0 Å². The van der Waals surface area contributed by atoms with Crippen molar-refractivity contribution in [3.05, 3.63) is 27.7 Å². The van der Waals surface area contributed by atoms with Crippen LogP contribution in [0.3, 0.4) is 0 Å². The molecule has 1 aliphatic heterocycles. The van der Waals surface area contributed by atoms with Gasteiger partial charge in [0.2, 0.25) is 10.0 Å². The van der Waals surface area contributed by atoms with Crippen LogP contribution < -0.4 is 5.73 Å². The number of hydrogen-bond acceptors (Lipinski definition) is 3. The van der Waals surface area contributed by atoms with Crippen LogP contribution >= 0.6 is 39.9 Å². The van der Waals surface area contributed by atoms with Crippen molar-refractivity contribution in [3.63, 3.8) is 0 Å². The molecule has 1 aromatic carbocycles. The highest BCUT2D eigenvalue weighted by Crippen LogP contribution is 2.29. The first-order valence-electron chi connectivity index (χ1n) is 5.62. The lowest BCUT2D eigenvalue weighted by Crippen LogP contribution is -2.42. The van der Waals surface area contributed by atoms with Crippen molar-refractivity contribution in [1.29, 1.82) is 0 Å². The van der Waals surface area contributed by atoms with Crippen molar-refractivity contribution in [1.82, 2.24) is 4.31 Å². The number of halogens is 3. The fraction of sp³-hybridized carbons (Fsp3) is 0.455. The fourth-order valence-electron chi connectivity index (χ4n) is 1.93. The third-order valence-corrected chi connectivity index (χ3v) is 5.88. The number of benzene rings is 1. The van der Waals surface area contributed by atoms with Gasteiger partial charge in [-0.05, 0) is 31.0 Å². The largest absolute Gasteiger partial charge is 0.328 e. The van der Waals surface area contributed by atoms with Crippen LogP contribution in [0, 0.1) is 0 Å². The Bertz CT molecular complexity index is 546. The summed E-state index contributed by atoms with van der Waals surface area (Å²) < 4.78 is 27.0. The van der Waals surface area contributed by atoms with Gasteiger partial charge in [-0.2, -0.15) is 4.31 Å². The summed E-state index contributed by atoms with van der Waals surface area (Å²) >= 11 is 9.24. The van der Waals surface area contributed by atoms with Crippen LogP contribution in [0.15, 0.2) is 27.6 Å². The predicted octanol–water partition coefficient (Wildman–Crippen LogP) is 2.64. The molecule has 1 fully saturated rings. The average Bonchev–Trinajstić information content (AvgIpc) is 2.32. The minimum atomic E-state index is -3.52. The zero-order valence-electron chi connectivity index (χ0n) is 10.1. The molecule has 0 aromatic heterocycles. The molecular formula is C11H15BrCl2N2O2S. The van der Waals surface area contributed by atoms with E-state index in [0.29, 0.717) is 30.4 Å². The van der Waals surface area contributed by atoms with Gasteiger partial charge in [-0.25, -0.2) is 8.42 Å². The monoisotopic (exact) mass is 388 g/mol. The van der Waals surface area contributed by atoms with Crippen molar-refractivity contribution < 1.29 is 8.42 Å². The van der Waals surface area contributed by atoms with Crippen LogP contribution in [0.2, 0.25) is 5.02 Å². The van der Waals surface area contributed by atoms with E-state index >= 15 is 0 Å². The molecule has 8 heteroatoms. The summed E-state index contributed by atoms with van der Waals surface area (Å²) in [6.45, 7) is 0.901. The van der Waals surface area contributed by atoms with Gasteiger partial charge in [0.25, 0.3) is 0 Å². The molecule has 0 saturated carbocycles. The molecule has 0 atom stereocenters. The quantitative estimate of drug-likeness (QED) is 0.845. The van der Waals surface area contributed by atoms with Gasteiger partial charge in [-0.15, -0.1) is 12.4 Å². The van der Waals surface area contributed by atoms with Crippen LogP contribution in [-0.4, -0.2) is 31.9 Å². The lowest BCUT2D eigenvalue weighted by Gasteiger charge is -2.29. The van der Waals surface area contributed by atoms with Gasteiger partial charge in [-0.1, -0.05) is 27.5 Å². The van der Waals surface area contributed by atoms with E-state index in [0.717, 1.165) is 0 Å². The number of sulfonamides is 1. The third kappa shape index (κ3) is 3.83. The maximum absolute atomic E-state index is 12.4. The van der Waals surface area contributed by atoms with Gasteiger partial charge in [0, 0.05) is 23.6 Å². The molecule has 0 bridgehead atoms. The molecule has 1 aliphatic rings. The Morgan fingerprint density at radius 3 is 2.47 bits per heavy atom. The SMILES string of the molecule is Cl.NC1CCN(S(=O)(=O)c2cc(Br)ccc2Cl)CC1. The van der Waals surface area contributed by atoms with E-state index < -0.39 is 10.0 Å². The molecule has 0 unspecified atom stereocenters. The van der Waals surface area contributed by atoms with Crippen molar-refractivity contribution >= 4 is 50.0 Å². The van der Waals surface area contributed by atoms with Crippen LogP contribution in [0.5, 0.6) is 0 Å². The molecule has 4 nitrogen and oxygen atoms in total.